The zero-order chi connectivity index (χ0) is 21.7. The number of hydrogen-bond acceptors (Lipinski definition) is 5. The number of hydrogen-bond donors (Lipinski definition) is 1. The molecule has 3 aliphatic heterocycles. The first-order valence-electron chi connectivity index (χ1n) is 10.6. The molecule has 0 radical (unpaired) electrons. The monoisotopic (exact) mass is 439 g/mol. The number of fused-ring (bicyclic) bond motifs is 3. The van der Waals surface area contributed by atoms with Crippen LogP contribution in [0.1, 0.15) is 17.5 Å². The zero-order valence-electron chi connectivity index (χ0n) is 17.7. The molecule has 3 heterocycles. The molecule has 3 amide bonds. The van der Waals surface area contributed by atoms with E-state index in [-0.39, 0.29) is 30.9 Å². The number of urea groups is 1. The highest BCUT2D eigenvalue weighted by atomic mass is 35.5. The fourth-order valence-electron chi connectivity index (χ4n) is 4.97. The van der Waals surface area contributed by atoms with Gasteiger partial charge in [0.2, 0.25) is 0 Å². The van der Waals surface area contributed by atoms with E-state index < -0.39 is 6.04 Å². The molecule has 8 heteroatoms. The smallest absolute Gasteiger partial charge is 0.328 e. The lowest BCUT2D eigenvalue weighted by Gasteiger charge is -2.44. The van der Waals surface area contributed by atoms with Crippen molar-refractivity contribution in [2.45, 2.75) is 38.4 Å². The Hall–Kier alpha value is -2.61. The number of benzene rings is 2. The van der Waals surface area contributed by atoms with Gasteiger partial charge in [0.25, 0.3) is 5.91 Å². The number of nitrogens with one attached hydrogen (secondary N) is 1. The van der Waals surface area contributed by atoms with Crippen LogP contribution in [-0.4, -0.2) is 65.3 Å². The van der Waals surface area contributed by atoms with E-state index in [9.17, 15) is 9.59 Å². The van der Waals surface area contributed by atoms with Crippen LogP contribution < -0.4 is 10.2 Å². The Morgan fingerprint density at radius 1 is 1.06 bits per heavy atom. The lowest BCUT2D eigenvalue weighted by atomic mass is 10.1. The number of nitrogens with zero attached hydrogens (tertiary/aromatic N) is 4. The van der Waals surface area contributed by atoms with E-state index in [0.717, 1.165) is 30.8 Å². The molecule has 1 N–H and O–H groups in total. The first kappa shape index (κ1) is 20.3. The minimum Gasteiger partial charge on any atom is -0.343 e. The quantitative estimate of drug-likeness (QED) is 0.797. The predicted octanol–water partition coefficient (Wildman–Crippen LogP) is 2.84. The number of amides is 3. The Kier molecular flexibility index (Phi) is 5.12. The van der Waals surface area contributed by atoms with E-state index in [1.165, 1.54) is 10.5 Å². The van der Waals surface area contributed by atoms with Gasteiger partial charge in [0.05, 0.1) is 6.54 Å². The normalized spacial score (nSPS) is 26.3. The number of rotatable bonds is 3. The summed E-state index contributed by atoms with van der Waals surface area (Å²) in [6.45, 7) is 4.05. The van der Waals surface area contributed by atoms with E-state index >= 15 is 0 Å². The van der Waals surface area contributed by atoms with Gasteiger partial charge in [0.15, 0.2) is 0 Å². The van der Waals surface area contributed by atoms with E-state index in [1.54, 1.807) is 24.1 Å². The Labute approximate surface area is 187 Å². The maximum absolute atomic E-state index is 13.6. The van der Waals surface area contributed by atoms with Crippen molar-refractivity contribution in [3.05, 3.63) is 64.7 Å². The standard InChI is InChI=1S/C23H26ClN5O2/c1-15-6-3-4-7-18(15)27-12-5-13-28-19-20(25-22(27)28)26(2)23(31)29(21(19)30)14-16-8-10-17(24)11-9-16/h3-4,6-11,19-20,22,25H,5,12-14H2,1-2H3. The van der Waals surface area contributed by atoms with Gasteiger partial charge in [-0.3, -0.25) is 19.9 Å². The second kappa shape index (κ2) is 7.82. The molecule has 31 heavy (non-hydrogen) atoms. The highest BCUT2D eigenvalue weighted by molar-refractivity contribution is 6.30. The molecular weight excluding hydrogens is 414 g/mol. The lowest BCUT2D eigenvalue weighted by molar-refractivity contribution is -0.139. The largest absolute Gasteiger partial charge is 0.343 e. The van der Waals surface area contributed by atoms with Gasteiger partial charge in [-0.1, -0.05) is 41.9 Å². The van der Waals surface area contributed by atoms with Gasteiger partial charge in [-0.05, 0) is 42.7 Å². The van der Waals surface area contributed by atoms with E-state index in [0.29, 0.717) is 5.02 Å². The van der Waals surface area contributed by atoms with Crippen LogP contribution >= 0.6 is 11.6 Å². The van der Waals surface area contributed by atoms with Crippen LogP contribution in [0.2, 0.25) is 5.02 Å². The van der Waals surface area contributed by atoms with Crippen LogP contribution in [0.15, 0.2) is 48.5 Å². The van der Waals surface area contributed by atoms with Crippen LogP contribution in [0.4, 0.5) is 10.5 Å². The molecule has 3 atom stereocenters. The minimum absolute atomic E-state index is 0.125. The van der Waals surface area contributed by atoms with Crippen molar-refractivity contribution >= 4 is 29.2 Å². The van der Waals surface area contributed by atoms with Gasteiger partial charge in [-0.2, -0.15) is 0 Å². The summed E-state index contributed by atoms with van der Waals surface area (Å²) in [6, 6.07) is 14.9. The molecule has 3 unspecified atom stereocenters. The van der Waals surface area contributed by atoms with Crippen molar-refractivity contribution in [1.82, 2.24) is 20.0 Å². The van der Waals surface area contributed by atoms with Gasteiger partial charge in [0, 0.05) is 30.8 Å². The van der Waals surface area contributed by atoms with E-state index in [4.69, 9.17) is 11.6 Å². The third-order valence-corrected chi connectivity index (χ3v) is 6.80. The van der Waals surface area contributed by atoms with Gasteiger partial charge in [0.1, 0.15) is 18.5 Å². The summed E-state index contributed by atoms with van der Waals surface area (Å²) < 4.78 is 0. The zero-order valence-corrected chi connectivity index (χ0v) is 18.4. The highest BCUT2D eigenvalue weighted by Crippen LogP contribution is 2.34. The summed E-state index contributed by atoms with van der Waals surface area (Å²) in [5.74, 6) is -0.148. The van der Waals surface area contributed by atoms with Crippen LogP contribution in [0.5, 0.6) is 0 Å². The van der Waals surface area contributed by atoms with Crippen molar-refractivity contribution < 1.29 is 9.59 Å². The molecule has 3 fully saturated rings. The Balaban J connectivity index is 1.44. The molecule has 0 aliphatic carbocycles. The number of likely N-dealkylation sites (N-methyl/N-ethyl adjacent to an activating group) is 1. The number of halogens is 1. The van der Waals surface area contributed by atoms with E-state index in [2.05, 4.69) is 34.2 Å². The third-order valence-electron chi connectivity index (χ3n) is 6.55. The van der Waals surface area contributed by atoms with Crippen LogP contribution in [0, 0.1) is 6.92 Å². The molecule has 0 saturated carbocycles. The molecule has 2 aromatic rings. The number of anilines is 1. The molecular formula is C23H26ClN5O2. The van der Waals surface area contributed by atoms with Crippen molar-refractivity contribution in [3.63, 3.8) is 0 Å². The van der Waals surface area contributed by atoms with Crippen molar-refractivity contribution in [2.75, 3.05) is 25.0 Å². The molecule has 7 nitrogen and oxygen atoms in total. The summed E-state index contributed by atoms with van der Waals surface area (Å²) in [7, 11) is 1.77. The summed E-state index contributed by atoms with van der Waals surface area (Å²) >= 11 is 5.98. The predicted molar refractivity (Wildman–Crippen MR) is 120 cm³/mol. The average Bonchev–Trinajstić information content (AvgIpc) is 3.17. The Bertz CT molecular complexity index is 1010. The number of carbonyl (C=O) groups is 2. The SMILES string of the molecule is Cc1ccccc1N1CCCN2C3C(=O)N(Cc4ccc(Cl)cc4)C(=O)N(C)C3NC12. The molecule has 0 aromatic heterocycles. The first-order chi connectivity index (χ1) is 15.0. The van der Waals surface area contributed by atoms with Gasteiger partial charge in [-0.25, -0.2) is 4.79 Å². The van der Waals surface area contributed by atoms with Crippen LogP contribution in [0.25, 0.3) is 0 Å². The fourth-order valence-corrected chi connectivity index (χ4v) is 5.10. The maximum Gasteiger partial charge on any atom is 0.328 e. The fraction of sp³-hybridized carbons (Fsp3) is 0.391. The maximum atomic E-state index is 13.6. The summed E-state index contributed by atoms with van der Waals surface area (Å²) in [5, 5.41) is 4.19. The number of aryl methyl sites for hydroxylation is 1. The average molecular weight is 440 g/mol. The second-order valence-electron chi connectivity index (χ2n) is 8.45. The van der Waals surface area contributed by atoms with E-state index in [1.807, 2.05) is 24.3 Å². The number of imide groups is 1. The van der Waals surface area contributed by atoms with Gasteiger partial charge < -0.3 is 9.80 Å². The molecule has 0 spiro atoms. The molecule has 2 aromatic carbocycles. The summed E-state index contributed by atoms with van der Waals surface area (Å²) in [4.78, 5) is 34.2. The topological polar surface area (TPSA) is 59.1 Å². The molecule has 3 aliphatic rings. The first-order valence-corrected chi connectivity index (χ1v) is 11.0. The molecule has 0 bridgehead atoms. The van der Waals surface area contributed by atoms with Crippen LogP contribution in [-0.2, 0) is 11.3 Å². The van der Waals surface area contributed by atoms with Gasteiger partial charge in [-0.15, -0.1) is 0 Å². The summed E-state index contributed by atoms with van der Waals surface area (Å²) in [6.07, 6.45) is 0.480. The molecule has 5 rings (SSSR count). The Morgan fingerprint density at radius 3 is 2.55 bits per heavy atom. The molecule has 3 saturated heterocycles. The highest BCUT2D eigenvalue weighted by Gasteiger charge is 2.56. The molecule has 162 valence electrons. The van der Waals surface area contributed by atoms with Crippen molar-refractivity contribution in [1.29, 1.82) is 0 Å². The minimum atomic E-state index is -0.410. The lowest BCUT2D eigenvalue weighted by Crippen LogP contribution is -2.66. The second-order valence-corrected chi connectivity index (χ2v) is 8.88. The van der Waals surface area contributed by atoms with Crippen LogP contribution in [0.3, 0.4) is 0 Å². The summed E-state index contributed by atoms with van der Waals surface area (Å²) in [5.41, 5.74) is 3.23. The van der Waals surface area contributed by atoms with Gasteiger partial charge >= 0.3 is 6.03 Å². The Morgan fingerprint density at radius 2 is 1.81 bits per heavy atom. The number of para-hydroxylation sites is 1. The third kappa shape index (κ3) is 3.37. The number of carbonyl (C=O) groups excluding carboxylic acids is 2. The van der Waals surface area contributed by atoms with Crippen molar-refractivity contribution in [3.8, 4) is 0 Å². The van der Waals surface area contributed by atoms with Crippen molar-refractivity contribution in [2.24, 2.45) is 0 Å².